The molecule has 1 aromatic heterocycles. The van der Waals surface area contributed by atoms with Crippen LogP contribution < -0.4 is 4.98 Å². The third-order valence-corrected chi connectivity index (χ3v) is 18.9. The van der Waals surface area contributed by atoms with Crippen LogP contribution in [0, 0.1) is 0 Å². The number of rotatable bonds is 8. The van der Waals surface area contributed by atoms with Gasteiger partial charge in [0.05, 0.1) is 35.0 Å². The third-order valence-electron chi connectivity index (χ3n) is 10.8. The van der Waals surface area contributed by atoms with Crippen molar-refractivity contribution in [2.24, 2.45) is 0 Å². The second-order valence-corrected chi connectivity index (χ2v) is 19.9. The van der Waals surface area contributed by atoms with Crippen LogP contribution in [0.3, 0.4) is 0 Å². The van der Waals surface area contributed by atoms with Crippen LogP contribution in [-0.4, -0.2) is 22.6 Å². The zero-order valence-corrected chi connectivity index (χ0v) is 28.7. The van der Waals surface area contributed by atoms with Gasteiger partial charge in [0.25, 0.3) is 0 Å². The monoisotopic (exact) mass is 638 g/mol. The summed E-state index contributed by atoms with van der Waals surface area (Å²) in [7, 11) is -0.614. The van der Waals surface area contributed by atoms with Crippen LogP contribution in [-0.2, 0) is 28.8 Å². The van der Waals surface area contributed by atoms with Crippen LogP contribution in [0.5, 0.6) is 0 Å². The molecule has 0 atom stereocenters. The Kier molecular flexibility index (Phi) is 15.1. The van der Waals surface area contributed by atoms with E-state index >= 15 is 0 Å². The van der Waals surface area contributed by atoms with Crippen molar-refractivity contribution in [3.63, 3.8) is 0 Å². The predicted molar refractivity (Wildman–Crippen MR) is 182 cm³/mol. The van der Waals surface area contributed by atoms with Gasteiger partial charge >= 0.3 is 16.5 Å². The Morgan fingerprint density at radius 3 is 1.07 bits per heavy atom. The zero-order chi connectivity index (χ0) is 27.4. The van der Waals surface area contributed by atoms with Crippen molar-refractivity contribution in [2.75, 3.05) is 0 Å². The van der Waals surface area contributed by atoms with Gasteiger partial charge in [-0.1, -0.05) is 68.1 Å². The van der Waals surface area contributed by atoms with Crippen molar-refractivity contribution in [1.29, 1.82) is 0 Å². The molecule has 2 nitrogen and oxygen atoms in total. The van der Waals surface area contributed by atoms with Crippen LogP contribution in [0.1, 0.15) is 140 Å². The minimum Gasteiger partial charge on any atom is -0.699 e. The molecule has 0 saturated heterocycles. The zero-order valence-electron chi connectivity index (χ0n) is 25.7. The standard InChI is InChI=1S/C30H50NP2.C6H6N.Ni/c1-5-13-27(14-6-1)32(28-15-7-2-8-16-28)23-25-21-22-26(31-25)24-33(29-17-9-3-10-18-29)30-19-11-4-12-20-30;7-6-4-2-1-3-5-6;/h21-22,27-30H,1-20,23-24H2;1-5,7H;/q2*-1;+2/p+2. The first-order valence-corrected chi connectivity index (χ1v) is 21.1. The number of hydrogen-bond acceptors (Lipinski definition) is 0. The average Bonchev–Trinajstić information content (AvgIpc) is 3.48. The fraction of sp³-hybridized carbons (Fsp3) is 0.722. The maximum Gasteiger partial charge on any atom is 2.00 e. The summed E-state index contributed by atoms with van der Waals surface area (Å²) in [6, 6.07) is 14.1. The molecule has 6 rings (SSSR count). The van der Waals surface area contributed by atoms with Crippen LogP contribution in [0.25, 0.3) is 5.73 Å². The molecule has 0 bridgehead atoms. The molecule has 1 aromatic carbocycles. The topological polar surface area (TPSA) is 37.9 Å². The van der Waals surface area contributed by atoms with Crippen molar-refractivity contribution < 1.29 is 16.5 Å². The van der Waals surface area contributed by atoms with E-state index in [0.29, 0.717) is 5.69 Å². The van der Waals surface area contributed by atoms with Crippen LogP contribution >= 0.6 is 15.8 Å². The molecule has 2 aromatic rings. The van der Waals surface area contributed by atoms with Gasteiger partial charge in [-0.2, -0.15) is 0 Å². The van der Waals surface area contributed by atoms with Crippen molar-refractivity contribution in [1.82, 2.24) is 4.98 Å². The number of nitrogens with one attached hydrogen (secondary N) is 1. The molecular formula is C36H58N2NiP2+2. The second kappa shape index (κ2) is 18.5. The van der Waals surface area contributed by atoms with Crippen molar-refractivity contribution in [3.8, 4) is 0 Å². The third kappa shape index (κ3) is 10.7. The normalized spacial score (nSPS) is 21.8. The maximum absolute atomic E-state index is 7.00. The van der Waals surface area contributed by atoms with E-state index < -0.39 is 0 Å². The van der Waals surface area contributed by atoms with E-state index in [-0.39, 0.29) is 32.3 Å². The summed E-state index contributed by atoms with van der Waals surface area (Å²) < 4.78 is 0. The molecule has 4 aliphatic carbocycles. The van der Waals surface area contributed by atoms with Gasteiger partial charge in [0.1, 0.15) is 0 Å². The van der Waals surface area contributed by atoms with Crippen molar-refractivity contribution >= 4 is 21.5 Å². The van der Waals surface area contributed by atoms with Gasteiger partial charge in [0.15, 0.2) is 0 Å². The quantitative estimate of drug-likeness (QED) is 0.209. The van der Waals surface area contributed by atoms with Crippen molar-refractivity contribution in [3.05, 3.63) is 59.6 Å². The van der Waals surface area contributed by atoms with Gasteiger partial charge in [0, 0.05) is 15.8 Å². The SMILES string of the molecule is [NH-]c1ccccc1.[Ni+2].c1cc(C[PH+](C2CCCCC2)C2CCCCC2)[n-]c1C[PH+](C1CCCCC1)C1CCCCC1. The average molecular weight is 640 g/mol. The van der Waals surface area contributed by atoms with E-state index in [1.54, 1.807) is 63.5 Å². The van der Waals surface area contributed by atoms with Crippen LogP contribution in [0.4, 0.5) is 5.69 Å². The Hall–Kier alpha value is -0.346. The predicted octanol–water partition coefficient (Wildman–Crippen LogP) is 11.8. The van der Waals surface area contributed by atoms with Crippen LogP contribution in [0.2, 0.25) is 0 Å². The summed E-state index contributed by atoms with van der Waals surface area (Å²) in [5, 5.41) is 0. The Morgan fingerprint density at radius 1 is 0.488 bits per heavy atom. The van der Waals surface area contributed by atoms with E-state index in [0.717, 1.165) is 22.6 Å². The first-order valence-electron chi connectivity index (χ1n) is 17.4. The Bertz CT molecular complexity index is 849. The first kappa shape index (κ1) is 33.5. The van der Waals surface area contributed by atoms with Gasteiger partial charge in [-0.3, -0.25) is 0 Å². The number of nitrogens with zero attached hydrogens (tertiary/aromatic N) is 1. The second-order valence-electron chi connectivity index (χ2n) is 13.6. The molecular weight excluding hydrogens is 581 g/mol. The minimum atomic E-state index is -0.307. The van der Waals surface area contributed by atoms with Gasteiger partial charge in [0.2, 0.25) is 0 Å². The molecule has 4 fully saturated rings. The van der Waals surface area contributed by atoms with Gasteiger partial charge < -0.3 is 10.7 Å². The summed E-state index contributed by atoms with van der Waals surface area (Å²) in [5.74, 6) is 0. The fourth-order valence-electron chi connectivity index (χ4n) is 8.64. The Morgan fingerprint density at radius 2 is 0.805 bits per heavy atom. The van der Waals surface area contributed by atoms with E-state index in [1.807, 2.05) is 18.2 Å². The molecule has 41 heavy (non-hydrogen) atoms. The molecule has 0 unspecified atom stereocenters. The molecule has 0 spiro atoms. The first-order chi connectivity index (χ1) is 19.8. The largest absolute Gasteiger partial charge is 2.00 e. The molecule has 1 heterocycles. The van der Waals surface area contributed by atoms with Gasteiger partial charge in [-0.05, 0) is 103 Å². The minimum absolute atomic E-state index is 0. The molecule has 1 N–H and O–H groups in total. The molecule has 4 saturated carbocycles. The summed E-state index contributed by atoms with van der Waals surface area (Å²) in [6.07, 6.45) is 33.3. The summed E-state index contributed by atoms with van der Waals surface area (Å²) >= 11 is 0. The van der Waals surface area contributed by atoms with Crippen LogP contribution in [0.15, 0.2) is 42.5 Å². The molecule has 5 heteroatoms. The molecule has 0 radical (unpaired) electrons. The number of benzene rings is 1. The Labute approximate surface area is 265 Å². The summed E-state index contributed by atoms with van der Waals surface area (Å²) in [6.45, 7) is 0. The summed E-state index contributed by atoms with van der Waals surface area (Å²) in [5.41, 5.74) is 15.0. The summed E-state index contributed by atoms with van der Waals surface area (Å²) in [4.78, 5) is 5.42. The van der Waals surface area contributed by atoms with E-state index in [9.17, 15) is 0 Å². The van der Waals surface area contributed by atoms with Gasteiger partial charge in [-0.25, -0.2) is 0 Å². The van der Waals surface area contributed by atoms with E-state index in [2.05, 4.69) is 12.1 Å². The van der Waals surface area contributed by atoms with E-state index in [1.165, 1.54) is 101 Å². The maximum atomic E-state index is 7.00. The molecule has 0 aliphatic heterocycles. The molecule has 230 valence electrons. The molecule has 4 aliphatic rings. The molecule has 0 amide bonds. The smallest absolute Gasteiger partial charge is 0.699 e. The van der Waals surface area contributed by atoms with E-state index in [4.69, 9.17) is 10.7 Å². The fourth-order valence-corrected chi connectivity index (χ4v) is 17.0. The van der Waals surface area contributed by atoms with Crippen molar-refractivity contribution in [2.45, 2.75) is 163 Å². The number of hydrogen-bond donors (Lipinski definition) is 0. The number of aromatic nitrogens is 1. The van der Waals surface area contributed by atoms with Gasteiger partial charge in [-0.15, -0.1) is 17.1 Å². The Balaban J connectivity index is 0.000000425.